The first-order chi connectivity index (χ1) is 8.15. The number of ketones is 1. The van der Waals surface area contributed by atoms with Crippen LogP contribution in [-0.4, -0.2) is 31.3 Å². The second kappa shape index (κ2) is 9.08. The van der Waals surface area contributed by atoms with Gasteiger partial charge in [-0.25, -0.2) is 0 Å². The summed E-state index contributed by atoms with van der Waals surface area (Å²) in [6, 6.07) is 1.64. The van der Waals surface area contributed by atoms with Gasteiger partial charge in [0.1, 0.15) is 0 Å². The molecule has 2 N–H and O–H groups in total. The van der Waals surface area contributed by atoms with Gasteiger partial charge in [-0.15, -0.1) is 23.7 Å². The van der Waals surface area contributed by atoms with Crippen molar-refractivity contribution in [3.63, 3.8) is 0 Å². The fourth-order valence-electron chi connectivity index (χ4n) is 1.29. The molecule has 1 heterocycles. The highest BCUT2D eigenvalue weighted by molar-refractivity contribution is 7.12. The zero-order chi connectivity index (χ0) is 12.7. The van der Waals surface area contributed by atoms with Crippen LogP contribution in [0.5, 0.6) is 0 Å². The van der Waals surface area contributed by atoms with Crippen molar-refractivity contribution in [1.29, 1.82) is 0 Å². The standard InChI is InChI=1S/C12H18N2O2S.ClH/c1-3-4-13-5-6-14-12(16)11-7-10(8-17-11)9(2)15;/h7-8,13H,3-6H2,1-2H3,(H,14,16);1H. The highest BCUT2D eigenvalue weighted by Gasteiger charge is 2.10. The summed E-state index contributed by atoms with van der Waals surface area (Å²) in [4.78, 5) is 23.3. The second-order valence-electron chi connectivity index (χ2n) is 3.76. The maximum absolute atomic E-state index is 11.7. The molecule has 18 heavy (non-hydrogen) atoms. The lowest BCUT2D eigenvalue weighted by atomic mass is 10.2. The van der Waals surface area contributed by atoms with Gasteiger partial charge in [0.15, 0.2) is 5.78 Å². The Labute approximate surface area is 118 Å². The van der Waals surface area contributed by atoms with Gasteiger partial charge in [-0.05, 0) is 26.0 Å². The van der Waals surface area contributed by atoms with E-state index >= 15 is 0 Å². The molecular weight excluding hydrogens is 272 g/mol. The van der Waals surface area contributed by atoms with Gasteiger partial charge in [0.25, 0.3) is 5.91 Å². The summed E-state index contributed by atoms with van der Waals surface area (Å²) in [6.45, 7) is 5.93. The Morgan fingerprint density at radius 3 is 2.56 bits per heavy atom. The SMILES string of the molecule is CCCNCCNC(=O)c1cc(C(C)=O)cs1.Cl. The van der Waals surface area contributed by atoms with Gasteiger partial charge in [-0.2, -0.15) is 0 Å². The molecule has 0 unspecified atom stereocenters. The molecule has 4 nitrogen and oxygen atoms in total. The Balaban J connectivity index is 0.00000289. The quantitative estimate of drug-likeness (QED) is 0.597. The number of Topliss-reactive ketones (excluding diaryl/α,β-unsaturated/α-hetero) is 1. The Morgan fingerprint density at radius 1 is 1.28 bits per heavy atom. The van der Waals surface area contributed by atoms with Crippen molar-refractivity contribution < 1.29 is 9.59 Å². The van der Waals surface area contributed by atoms with Gasteiger partial charge in [0, 0.05) is 24.0 Å². The molecule has 1 aromatic rings. The third kappa shape index (κ3) is 5.62. The van der Waals surface area contributed by atoms with Crippen LogP contribution in [0.15, 0.2) is 11.4 Å². The van der Waals surface area contributed by atoms with Crippen molar-refractivity contribution >= 4 is 35.4 Å². The van der Waals surface area contributed by atoms with Crippen molar-refractivity contribution in [3.8, 4) is 0 Å². The summed E-state index contributed by atoms with van der Waals surface area (Å²) in [5.41, 5.74) is 0.601. The fourth-order valence-corrected chi connectivity index (χ4v) is 2.16. The molecule has 0 saturated carbocycles. The van der Waals surface area contributed by atoms with E-state index in [0.717, 1.165) is 19.5 Å². The van der Waals surface area contributed by atoms with Gasteiger partial charge in [0.2, 0.25) is 0 Å². The fraction of sp³-hybridized carbons (Fsp3) is 0.500. The van der Waals surface area contributed by atoms with E-state index in [1.807, 2.05) is 0 Å². The minimum Gasteiger partial charge on any atom is -0.350 e. The highest BCUT2D eigenvalue weighted by Crippen LogP contribution is 2.14. The molecule has 0 fully saturated rings. The first-order valence-corrected chi connectivity index (χ1v) is 6.61. The van der Waals surface area contributed by atoms with Crippen LogP contribution in [0, 0.1) is 0 Å². The molecule has 0 saturated heterocycles. The number of amides is 1. The summed E-state index contributed by atoms with van der Waals surface area (Å²) in [6.07, 6.45) is 1.08. The predicted molar refractivity (Wildman–Crippen MR) is 77.1 cm³/mol. The maximum Gasteiger partial charge on any atom is 0.261 e. The van der Waals surface area contributed by atoms with E-state index in [1.165, 1.54) is 18.3 Å². The molecule has 0 radical (unpaired) electrons. The van der Waals surface area contributed by atoms with Crippen molar-refractivity contribution in [2.24, 2.45) is 0 Å². The van der Waals surface area contributed by atoms with Crippen LogP contribution in [0.2, 0.25) is 0 Å². The lowest BCUT2D eigenvalue weighted by molar-refractivity contribution is 0.0958. The molecule has 0 spiro atoms. The number of halogens is 1. The van der Waals surface area contributed by atoms with Crippen molar-refractivity contribution in [2.45, 2.75) is 20.3 Å². The number of rotatable bonds is 7. The molecule has 0 bridgehead atoms. The lowest BCUT2D eigenvalue weighted by Crippen LogP contribution is -2.31. The minimum atomic E-state index is -0.110. The molecule has 0 aliphatic rings. The van der Waals surface area contributed by atoms with Gasteiger partial charge in [-0.3, -0.25) is 9.59 Å². The number of carbonyl (C=O) groups excluding carboxylic acids is 2. The summed E-state index contributed by atoms with van der Waals surface area (Å²) in [5, 5.41) is 7.72. The van der Waals surface area contributed by atoms with Crippen LogP contribution >= 0.6 is 23.7 Å². The van der Waals surface area contributed by atoms with Crippen LogP contribution in [-0.2, 0) is 0 Å². The molecule has 6 heteroatoms. The molecule has 0 aliphatic carbocycles. The molecule has 0 aliphatic heterocycles. The second-order valence-corrected chi connectivity index (χ2v) is 4.67. The van der Waals surface area contributed by atoms with Crippen molar-refractivity contribution in [2.75, 3.05) is 19.6 Å². The number of hydrogen-bond donors (Lipinski definition) is 2. The third-order valence-corrected chi connectivity index (χ3v) is 3.17. The van der Waals surface area contributed by atoms with E-state index in [1.54, 1.807) is 11.4 Å². The van der Waals surface area contributed by atoms with Crippen LogP contribution in [0.1, 0.15) is 40.3 Å². The third-order valence-electron chi connectivity index (χ3n) is 2.24. The van der Waals surface area contributed by atoms with Gasteiger partial charge < -0.3 is 10.6 Å². The Bertz CT molecular complexity index is 393. The Hall–Kier alpha value is -0.910. The highest BCUT2D eigenvalue weighted by atomic mass is 35.5. The first-order valence-electron chi connectivity index (χ1n) is 5.73. The predicted octanol–water partition coefficient (Wildman–Crippen LogP) is 2.10. The largest absolute Gasteiger partial charge is 0.350 e. The monoisotopic (exact) mass is 290 g/mol. The molecule has 102 valence electrons. The molecule has 0 atom stereocenters. The summed E-state index contributed by atoms with van der Waals surface area (Å²) < 4.78 is 0. The first kappa shape index (κ1) is 17.1. The molecule has 1 rings (SSSR count). The zero-order valence-corrected chi connectivity index (χ0v) is 12.2. The van der Waals surface area contributed by atoms with E-state index in [2.05, 4.69) is 17.6 Å². The smallest absolute Gasteiger partial charge is 0.261 e. The normalized spacial score (nSPS) is 9.67. The van der Waals surface area contributed by atoms with Crippen LogP contribution in [0.3, 0.4) is 0 Å². The molecular formula is C12H19ClN2O2S. The van der Waals surface area contributed by atoms with Gasteiger partial charge in [-0.1, -0.05) is 6.92 Å². The zero-order valence-electron chi connectivity index (χ0n) is 10.6. The van der Waals surface area contributed by atoms with Crippen LogP contribution in [0.4, 0.5) is 0 Å². The summed E-state index contributed by atoms with van der Waals surface area (Å²) in [7, 11) is 0. The van der Waals surface area contributed by atoms with Crippen molar-refractivity contribution in [3.05, 3.63) is 21.9 Å². The lowest BCUT2D eigenvalue weighted by Gasteiger charge is -2.04. The average molecular weight is 291 g/mol. The maximum atomic E-state index is 11.7. The van der Waals surface area contributed by atoms with Gasteiger partial charge in [0.05, 0.1) is 4.88 Å². The van der Waals surface area contributed by atoms with Crippen LogP contribution < -0.4 is 10.6 Å². The topological polar surface area (TPSA) is 58.2 Å². The van der Waals surface area contributed by atoms with Crippen molar-refractivity contribution in [1.82, 2.24) is 10.6 Å². The van der Waals surface area contributed by atoms with E-state index in [9.17, 15) is 9.59 Å². The van der Waals surface area contributed by atoms with E-state index in [0.29, 0.717) is 17.0 Å². The average Bonchev–Trinajstić information content (AvgIpc) is 2.78. The van der Waals surface area contributed by atoms with E-state index in [4.69, 9.17) is 0 Å². The molecule has 1 aromatic heterocycles. The summed E-state index contributed by atoms with van der Waals surface area (Å²) in [5.74, 6) is -0.120. The summed E-state index contributed by atoms with van der Waals surface area (Å²) >= 11 is 1.30. The van der Waals surface area contributed by atoms with E-state index < -0.39 is 0 Å². The number of carbonyl (C=O) groups is 2. The number of thiophene rings is 1. The van der Waals surface area contributed by atoms with E-state index in [-0.39, 0.29) is 24.1 Å². The Kier molecular flexibility index (Phi) is 8.62. The number of nitrogens with one attached hydrogen (secondary N) is 2. The molecule has 0 aromatic carbocycles. The Morgan fingerprint density at radius 2 is 2.00 bits per heavy atom. The number of hydrogen-bond acceptors (Lipinski definition) is 4. The minimum absolute atomic E-state index is 0. The van der Waals surface area contributed by atoms with Crippen LogP contribution in [0.25, 0.3) is 0 Å². The molecule has 1 amide bonds. The van der Waals surface area contributed by atoms with Gasteiger partial charge >= 0.3 is 0 Å².